The second-order valence-electron chi connectivity index (χ2n) is 9.35. The molecule has 1 amide bonds. The van der Waals surface area contributed by atoms with Crippen LogP contribution in [0, 0.1) is 0 Å². The van der Waals surface area contributed by atoms with Crippen LogP contribution in [0.15, 0.2) is 42.6 Å². The van der Waals surface area contributed by atoms with Gasteiger partial charge in [0.1, 0.15) is 5.54 Å². The van der Waals surface area contributed by atoms with Crippen LogP contribution in [0.2, 0.25) is 0 Å². The first-order chi connectivity index (χ1) is 15.7. The van der Waals surface area contributed by atoms with E-state index in [1.807, 2.05) is 42.6 Å². The highest BCUT2D eigenvalue weighted by Crippen LogP contribution is 2.34. The van der Waals surface area contributed by atoms with Crippen LogP contribution in [0.5, 0.6) is 0 Å². The smallest absolute Gasteiger partial charge is 0.245 e. The molecule has 1 aromatic carbocycles. The topological polar surface area (TPSA) is 79.4 Å². The molecule has 2 N–H and O–H groups in total. The SMILES string of the molecule is O=C(NC1CCN(c2nccc(C3CCOCC3)n2)C1)C1(Nc2ccccc2)CCCC1. The van der Waals surface area contributed by atoms with E-state index in [1.54, 1.807) is 0 Å². The van der Waals surface area contributed by atoms with Crippen LogP contribution in [0.3, 0.4) is 0 Å². The molecule has 3 fully saturated rings. The minimum Gasteiger partial charge on any atom is -0.381 e. The Morgan fingerprint density at radius 1 is 1.06 bits per heavy atom. The van der Waals surface area contributed by atoms with Gasteiger partial charge in [0.25, 0.3) is 0 Å². The Balaban J connectivity index is 1.22. The number of anilines is 2. The largest absolute Gasteiger partial charge is 0.381 e. The molecule has 1 saturated carbocycles. The van der Waals surface area contributed by atoms with E-state index in [9.17, 15) is 4.79 Å². The summed E-state index contributed by atoms with van der Waals surface area (Å²) in [6.45, 7) is 3.23. The summed E-state index contributed by atoms with van der Waals surface area (Å²) in [6.07, 6.45) is 8.74. The summed E-state index contributed by atoms with van der Waals surface area (Å²) in [5.74, 6) is 1.36. The van der Waals surface area contributed by atoms with E-state index >= 15 is 0 Å². The van der Waals surface area contributed by atoms with Gasteiger partial charge < -0.3 is 20.3 Å². The van der Waals surface area contributed by atoms with Crippen molar-refractivity contribution in [3.63, 3.8) is 0 Å². The van der Waals surface area contributed by atoms with Crippen LogP contribution in [-0.2, 0) is 9.53 Å². The number of rotatable bonds is 6. The third-order valence-corrected chi connectivity index (χ3v) is 7.16. The fourth-order valence-corrected chi connectivity index (χ4v) is 5.30. The van der Waals surface area contributed by atoms with Crippen LogP contribution >= 0.6 is 0 Å². The Labute approximate surface area is 190 Å². The van der Waals surface area contributed by atoms with Gasteiger partial charge in [-0.1, -0.05) is 31.0 Å². The molecule has 7 nitrogen and oxygen atoms in total. The third-order valence-electron chi connectivity index (χ3n) is 7.16. The normalized spacial score (nSPS) is 23.2. The highest BCUT2D eigenvalue weighted by Gasteiger charge is 2.42. The van der Waals surface area contributed by atoms with Gasteiger partial charge >= 0.3 is 0 Å². The van der Waals surface area contributed by atoms with E-state index in [-0.39, 0.29) is 11.9 Å². The second-order valence-corrected chi connectivity index (χ2v) is 9.35. The highest BCUT2D eigenvalue weighted by molar-refractivity contribution is 5.90. The Morgan fingerprint density at radius 2 is 1.84 bits per heavy atom. The molecule has 1 atom stereocenters. The van der Waals surface area contributed by atoms with Crippen molar-refractivity contribution in [2.75, 3.05) is 36.5 Å². The number of hydrogen-bond acceptors (Lipinski definition) is 6. The van der Waals surface area contributed by atoms with Gasteiger partial charge in [-0.2, -0.15) is 0 Å². The number of nitrogens with one attached hydrogen (secondary N) is 2. The number of benzene rings is 1. The van der Waals surface area contributed by atoms with Crippen molar-refractivity contribution in [1.82, 2.24) is 15.3 Å². The number of ether oxygens (including phenoxy) is 1. The van der Waals surface area contributed by atoms with Crippen molar-refractivity contribution < 1.29 is 9.53 Å². The Bertz CT molecular complexity index is 910. The van der Waals surface area contributed by atoms with E-state index in [0.29, 0.717) is 5.92 Å². The quantitative estimate of drug-likeness (QED) is 0.723. The molecule has 2 saturated heterocycles. The number of carbonyl (C=O) groups is 1. The minimum absolute atomic E-state index is 0.118. The lowest BCUT2D eigenvalue weighted by Crippen LogP contribution is -2.53. The van der Waals surface area contributed by atoms with Crippen molar-refractivity contribution in [3.05, 3.63) is 48.3 Å². The van der Waals surface area contributed by atoms with Crippen LogP contribution in [-0.4, -0.2) is 53.8 Å². The first-order valence-corrected chi connectivity index (χ1v) is 12.0. The molecule has 2 aromatic rings. The average Bonchev–Trinajstić information content (AvgIpc) is 3.51. The van der Waals surface area contributed by atoms with Crippen molar-refractivity contribution in [3.8, 4) is 0 Å². The summed E-state index contributed by atoms with van der Waals surface area (Å²) in [6, 6.07) is 12.2. The number of nitrogens with zero attached hydrogens (tertiary/aromatic N) is 3. The summed E-state index contributed by atoms with van der Waals surface area (Å²) in [4.78, 5) is 25.0. The summed E-state index contributed by atoms with van der Waals surface area (Å²) in [7, 11) is 0. The Hall–Kier alpha value is -2.67. The Morgan fingerprint density at radius 3 is 2.62 bits per heavy atom. The molecule has 1 unspecified atom stereocenters. The minimum atomic E-state index is -0.506. The summed E-state index contributed by atoms with van der Waals surface area (Å²) in [5, 5.41) is 6.90. The van der Waals surface area contributed by atoms with Crippen molar-refractivity contribution in [1.29, 1.82) is 0 Å². The molecule has 1 aliphatic carbocycles. The number of amides is 1. The maximum absolute atomic E-state index is 13.4. The maximum Gasteiger partial charge on any atom is 0.245 e. The summed E-state index contributed by atoms with van der Waals surface area (Å²) >= 11 is 0. The Kier molecular flexibility index (Phi) is 6.26. The van der Waals surface area contributed by atoms with E-state index in [2.05, 4.69) is 20.5 Å². The number of para-hydroxylation sites is 1. The summed E-state index contributed by atoms with van der Waals surface area (Å²) in [5.41, 5.74) is 1.62. The van der Waals surface area contributed by atoms with E-state index in [4.69, 9.17) is 9.72 Å². The molecule has 0 spiro atoms. The van der Waals surface area contributed by atoms with Gasteiger partial charge in [-0.15, -0.1) is 0 Å². The van der Waals surface area contributed by atoms with Crippen LogP contribution in [0.25, 0.3) is 0 Å². The molecule has 3 aliphatic rings. The first kappa shape index (κ1) is 21.2. The zero-order valence-electron chi connectivity index (χ0n) is 18.6. The molecular formula is C25H33N5O2. The van der Waals surface area contributed by atoms with E-state index < -0.39 is 5.54 Å². The molecule has 7 heteroatoms. The zero-order chi connectivity index (χ0) is 21.8. The molecule has 3 heterocycles. The lowest BCUT2D eigenvalue weighted by atomic mass is 9.95. The maximum atomic E-state index is 13.4. The van der Waals surface area contributed by atoms with Gasteiger partial charge in [0.15, 0.2) is 0 Å². The van der Waals surface area contributed by atoms with Crippen LogP contribution < -0.4 is 15.5 Å². The molecule has 32 heavy (non-hydrogen) atoms. The van der Waals surface area contributed by atoms with E-state index in [0.717, 1.165) is 88.6 Å². The van der Waals surface area contributed by atoms with E-state index in [1.165, 1.54) is 0 Å². The molecule has 0 bridgehead atoms. The predicted molar refractivity (Wildman–Crippen MR) is 125 cm³/mol. The first-order valence-electron chi connectivity index (χ1n) is 12.0. The monoisotopic (exact) mass is 435 g/mol. The standard InChI is InChI=1S/C25H33N5O2/c31-23(25(12-4-5-13-25)29-20-6-2-1-3-7-20)27-21-9-15-30(18-21)24-26-14-8-22(28-24)19-10-16-32-17-11-19/h1-3,6-8,14,19,21,29H,4-5,9-13,15-18H2,(H,27,31). The lowest BCUT2D eigenvalue weighted by Gasteiger charge is -2.31. The highest BCUT2D eigenvalue weighted by atomic mass is 16.5. The predicted octanol–water partition coefficient (Wildman–Crippen LogP) is 3.49. The van der Waals surface area contributed by atoms with Crippen molar-refractivity contribution >= 4 is 17.5 Å². The van der Waals surface area contributed by atoms with Gasteiger partial charge in [-0.05, 0) is 50.3 Å². The molecule has 170 valence electrons. The fraction of sp³-hybridized carbons (Fsp3) is 0.560. The number of aromatic nitrogens is 2. The van der Waals surface area contributed by atoms with Gasteiger partial charge in [0.05, 0.1) is 0 Å². The summed E-state index contributed by atoms with van der Waals surface area (Å²) < 4.78 is 5.49. The van der Waals surface area contributed by atoms with Gasteiger partial charge in [0.2, 0.25) is 11.9 Å². The lowest BCUT2D eigenvalue weighted by molar-refractivity contribution is -0.125. The number of carbonyl (C=O) groups excluding carboxylic acids is 1. The molecule has 0 radical (unpaired) electrons. The zero-order valence-corrected chi connectivity index (χ0v) is 18.6. The van der Waals surface area contributed by atoms with Gasteiger partial charge in [-0.3, -0.25) is 4.79 Å². The third kappa shape index (κ3) is 4.58. The number of hydrogen-bond donors (Lipinski definition) is 2. The van der Waals surface area contributed by atoms with Crippen molar-refractivity contribution in [2.45, 2.75) is 62.4 Å². The molecule has 1 aromatic heterocycles. The second kappa shape index (κ2) is 9.45. The fourth-order valence-electron chi connectivity index (χ4n) is 5.30. The van der Waals surface area contributed by atoms with Crippen molar-refractivity contribution in [2.24, 2.45) is 0 Å². The van der Waals surface area contributed by atoms with Gasteiger partial charge in [0, 0.05) is 55.8 Å². The molecule has 2 aliphatic heterocycles. The average molecular weight is 436 g/mol. The van der Waals surface area contributed by atoms with Crippen LogP contribution in [0.1, 0.15) is 56.6 Å². The molecule has 5 rings (SSSR count). The molecular weight excluding hydrogens is 402 g/mol. The van der Waals surface area contributed by atoms with Crippen LogP contribution in [0.4, 0.5) is 11.6 Å². The van der Waals surface area contributed by atoms with Gasteiger partial charge in [-0.25, -0.2) is 9.97 Å².